The van der Waals surface area contributed by atoms with E-state index in [2.05, 4.69) is 15.3 Å². The van der Waals surface area contributed by atoms with Gasteiger partial charge in [-0.2, -0.15) is 4.48 Å². The molecule has 3 rings (SSSR count). The van der Waals surface area contributed by atoms with Gasteiger partial charge in [-0.3, -0.25) is 5.32 Å². The quantitative estimate of drug-likeness (QED) is 0.819. The van der Waals surface area contributed by atoms with Gasteiger partial charge in [0.2, 0.25) is 0 Å². The second kappa shape index (κ2) is 5.83. The van der Waals surface area contributed by atoms with Gasteiger partial charge < -0.3 is 4.98 Å². The fraction of sp³-hybridized carbons (Fsp3) is 0.688. The van der Waals surface area contributed by atoms with Crippen LogP contribution < -0.4 is 5.32 Å². The summed E-state index contributed by atoms with van der Waals surface area (Å²) in [6.45, 7) is 5.08. The summed E-state index contributed by atoms with van der Waals surface area (Å²) >= 11 is 0. The third-order valence-corrected chi connectivity index (χ3v) is 4.89. The van der Waals surface area contributed by atoms with Crippen LogP contribution in [-0.4, -0.2) is 39.5 Å². The van der Waals surface area contributed by atoms with Crippen LogP contribution in [0.2, 0.25) is 0 Å². The van der Waals surface area contributed by atoms with Crippen LogP contribution in [0.25, 0.3) is 0 Å². The van der Waals surface area contributed by atoms with Gasteiger partial charge in [0, 0.05) is 5.92 Å². The number of quaternary nitrogens is 1. The summed E-state index contributed by atoms with van der Waals surface area (Å²) in [7, 11) is 0. The summed E-state index contributed by atoms with van der Waals surface area (Å²) in [5, 5.41) is 2.86. The highest BCUT2D eigenvalue weighted by molar-refractivity contribution is 6.06. The number of urea groups is 1. The van der Waals surface area contributed by atoms with E-state index in [1.54, 1.807) is 0 Å². The van der Waals surface area contributed by atoms with Crippen molar-refractivity contribution in [2.45, 2.75) is 58.3 Å². The first-order chi connectivity index (χ1) is 10.6. The molecule has 6 heteroatoms. The van der Waals surface area contributed by atoms with Gasteiger partial charge in [-0.05, 0) is 25.7 Å². The van der Waals surface area contributed by atoms with Crippen LogP contribution in [0.1, 0.15) is 74.6 Å². The topological polar surface area (TPSA) is 74.8 Å². The highest BCUT2D eigenvalue weighted by Crippen LogP contribution is 2.35. The Balaban J connectivity index is 1.97. The largest absolute Gasteiger partial charge is 0.430 e. The molecule has 6 nitrogen and oxygen atoms in total. The molecule has 0 bridgehead atoms. The van der Waals surface area contributed by atoms with Crippen LogP contribution >= 0.6 is 0 Å². The number of carbonyl (C=O) groups is 2. The third-order valence-electron chi connectivity index (χ3n) is 4.89. The molecule has 0 spiro atoms. The number of rotatable bonds is 5. The van der Waals surface area contributed by atoms with Crippen molar-refractivity contribution in [3.8, 4) is 0 Å². The maximum Gasteiger partial charge on any atom is 0.430 e. The Morgan fingerprint density at radius 1 is 1.14 bits per heavy atom. The summed E-state index contributed by atoms with van der Waals surface area (Å²) in [4.78, 5) is 33.3. The van der Waals surface area contributed by atoms with Gasteiger partial charge >= 0.3 is 11.9 Å². The number of imidazole rings is 1. The molecule has 1 aliphatic heterocycles. The molecule has 0 atom stereocenters. The lowest BCUT2D eigenvalue weighted by Crippen LogP contribution is -2.62. The van der Waals surface area contributed by atoms with E-state index >= 15 is 0 Å². The van der Waals surface area contributed by atoms with Crippen molar-refractivity contribution < 1.29 is 14.1 Å². The number of anilines is 1. The minimum atomic E-state index is -0.231. The zero-order chi connectivity index (χ0) is 15.7. The van der Waals surface area contributed by atoms with Gasteiger partial charge in [-0.15, -0.1) is 0 Å². The molecule has 22 heavy (non-hydrogen) atoms. The van der Waals surface area contributed by atoms with Crippen molar-refractivity contribution in [3.63, 3.8) is 0 Å². The first-order valence-electron chi connectivity index (χ1n) is 8.45. The molecule has 0 unspecified atom stereocenters. The Morgan fingerprint density at radius 3 is 2.36 bits per heavy atom. The third kappa shape index (κ3) is 2.26. The molecule has 0 radical (unpaired) electrons. The van der Waals surface area contributed by atoms with Crippen LogP contribution in [0.3, 0.4) is 0 Å². The zero-order valence-electron chi connectivity index (χ0n) is 13.4. The van der Waals surface area contributed by atoms with E-state index in [0.29, 0.717) is 30.5 Å². The predicted molar refractivity (Wildman–Crippen MR) is 83.7 cm³/mol. The molecule has 1 aromatic rings. The van der Waals surface area contributed by atoms with Crippen LogP contribution in [-0.2, 0) is 0 Å². The molecular formula is C16H25N4O2+. The lowest BCUT2D eigenvalue weighted by Gasteiger charge is -2.34. The number of nitrogens with zero attached hydrogens (tertiary/aromatic N) is 2. The molecule has 2 heterocycles. The van der Waals surface area contributed by atoms with Crippen LogP contribution in [0.5, 0.6) is 0 Å². The molecular weight excluding hydrogens is 280 g/mol. The van der Waals surface area contributed by atoms with Gasteiger partial charge in [0.25, 0.3) is 0 Å². The highest BCUT2D eigenvalue weighted by Gasteiger charge is 2.50. The van der Waals surface area contributed by atoms with Crippen molar-refractivity contribution in [3.05, 3.63) is 11.5 Å². The average Bonchev–Trinajstić information content (AvgIpc) is 3.14. The van der Waals surface area contributed by atoms with E-state index in [4.69, 9.17) is 0 Å². The number of imide groups is 1. The Labute approximate surface area is 130 Å². The molecule has 2 N–H and O–H groups in total. The number of carbonyl (C=O) groups excluding carboxylic acids is 2. The zero-order valence-corrected chi connectivity index (χ0v) is 13.4. The average molecular weight is 305 g/mol. The fourth-order valence-electron chi connectivity index (χ4n) is 3.83. The second-order valence-corrected chi connectivity index (χ2v) is 6.48. The highest BCUT2D eigenvalue weighted by atomic mass is 16.2. The Hall–Kier alpha value is -1.69. The minimum Gasteiger partial charge on any atom is -0.332 e. The normalized spacial score (nSPS) is 21.0. The summed E-state index contributed by atoms with van der Waals surface area (Å²) < 4.78 is -0.133. The molecule has 1 saturated carbocycles. The van der Waals surface area contributed by atoms with E-state index < -0.39 is 0 Å². The van der Waals surface area contributed by atoms with Crippen molar-refractivity contribution >= 4 is 17.8 Å². The number of amides is 3. The standard InChI is InChI=1S/C16H24N4O2/c1-3-9-20(10-4-2)15(21)12-14(19-16(20)22)18-13(17-12)11-7-5-6-8-11/h11H,3-10H2,1-2H3,(H-,17,18,19,21,22)/p+1. The number of aromatic nitrogens is 2. The fourth-order valence-corrected chi connectivity index (χ4v) is 3.83. The maximum atomic E-state index is 13.0. The summed E-state index contributed by atoms with van der Waals surface area (Å²) in [6, 6.07) is -0.231. The number of hydrogen-bond acceptors (Lipinski definition) is 3. The van der Waals surface area contributed by atoms with E-state index in [0.717, 1.165) is 31.5 Å². The smallest absolute Gasteiger partial charge is 0.332 e. The van der Waals surface area contributed by atoms with E-state index in [1.165, 1.54) is 12.8 Å². The molecule has 1 fully saturated rings. The number of nitrogens with one attached hydrogen (secondary N) is 2. The van der Waals surface area contributed by atoms with E-state index in [9.17, 15) is 9.59 Å². The Morgan fingerprint density at radius 2 is 1.77 bits per heavy atom. The summed E-state index contributed by atoms with van der Waals surface area (Å²) in [6.07, 6.45) is 6.22. The predicted octanol–water partition coefficient (Wildman–Crippen LogP) is 3.39. The summed E-state index contributed by atoms with van der Waals surface area (Å²) in [5.74, 6) is 1.57. The molecule has 2 aliphatic rings. The first-order valence-corrected chi connectivity index (χ1v) is 8.45. The SMILES string of the molecule is CCC[N+]1(CCC)C(=O)Nc2nc(C3CCCC3)[nH]c2C1=O. The van der Waals surface area contributed by atoms with Gasteiger partial charge in [0.05, 0.1) is 13.1 Å². The van der Waals surface area contributed by atoms with Gasteiger partial charge in [0.1, 0.15) is 5.82 Å². The van der Waals surface area contributed by atoms with Crippen LogP contribution in [0.15, 0.2) is 0 Å². The van der Waals surface area contributed by atoms with Gasteiger partial charge in [0.15, 0.2) is 11.5 Å². The van der Waals surface area contributed by atoms with Crippen molar-refractivity contribution in [1.82, 2.24) is 9.97 Å². The summed E-state index contributed by atoms with van der Waals surface area (Å²) in [5.41, 5.74) is 0.489. The molecule has 0 saturated heterocycles. The first kappa shape index (κ1) is 15.2. The Kier molecular flexibility index (Phi) is 4.04. The lowest BCUT2D eigenvalue weighted by molar-refractivity contribution is -0.766. The molecule has 3 amide bonds. The number of fused-ring (bicyclic) bond motifs is 1. The van der Waals surface area contributed by atoms with E-state index in [-0.39, 0.29) is 16.4 Å². The number of H-pyrrole nitrogens is 1. The molecule has 1 aromatic heterocycles. The van der Waals surface area contributed by atoms with Gasteiger partial charge in [-0.25, -0.2) is 14.6 Å². The molecule has 120 valence electrons. The van der Waals surface area contributed by atoms with Crippen LogP contribution in [0.4, 0.5) is 10.6 Å². The Bertz CT molecular complexity index is 581. The molecule has 1 aliphatic carbocycles. The van der Waals surface area contributed by atoms with Gasteiger partial charge in [-0.1, -0.05) is 26.7 Å². The second-order valence-electron chi connectivity index (χ2n) is 6.48. The maximum absolute atomic E-state index is 13.0. The van der Waals surface area contributed by atoms with Crippen LogP contribution in [0, 0.1) is 0 Å². The molecule has 0 aromatic carbocycles. The monoisotopic (exact) mass is 305 g/mol. The van der Waals surface area contributed by atoms with Crippen molar-refractivity contribution in [2.75, 3.05) is 18.4 Å². The number of hydrogen-bond donors (Lipinski definition) is 2. The van der Waals surface area contributed by atoms with Crippen molar-refractivity contribution in [1.29, 1.82) is 0 Å². The van der Waals surface area contributed by atoms with E-state index in [1.807, 2.05) is 13.8 Å². The lowest BCUT2D eigenvalue weighted by atomic mass is 10.1. The minimum absolute atomic E-state index is 0.126. The van der Waals surface area contributed by atoms with Crippen molar-refractivity contribution in [2.24, 2.45) is 0 Å². The number of aromatic amines is 1.